The number of carbonyl (C=O) groups is 4. The number of allylic oxidation sites excluding steroid dienone is 2. The zero-order chi connectivity index (χ0) is 26.8. The van der Waals surface area contributed by atoms with E-state index in [1.54, 1.807) is 21.9 Å². The van der Waals surface area contributed by atoms with Crippen molar-refractivity contribution >= 4 is 23.6 Å². The second-order valence-corrected chi connectivity index (χ2v) is 12.8. The standard InChI is InChI=1S/C32H38N2O5/c35-21-13-11-18(12-14-21)26-22-15-16-23-27(31(38)33(29(23)36)19-7-3-1-4-8-19)24(22)17-25-28(26)32(39)34(30(25)37)20-9-5-2-6-10-20/h11-15,19-20,23-28,35H,1-10,16-17H2/t23-,24+,25+,26-,27-,28+/m0/s1. The lowest BCUT2D eigenvalue weighted by Gasteiger charge is -2.44. The maximum atomic E-state index is 14.1. The van der Waals surface area contributed by atoms with E-state index in [1.807, 2.05) is 12.1 Å². The Morgan fingerprint density at radius 3 is 1.74 bits per heavy atom. The van der Waals surface area contributed by atoms with Crippen LogP contribution < -0.4 is 0 Å². The van der Waals surface area contributed by atoms with Crippen LogP contribution in [-0.2, 0) is 19.2 Å². The molecule has 7 heteroatoms. The van der Waals surface area contributed by atoms with Gasteiger partial charge in [-0.05, 0) is 62.1 Å². The maximum absolute atomic E-state index is 14.1. The summed E-state index contributed by atoms with van der Waals surface area (Å²) in [4.78, 5) is 58.9. The molecule has 206 valence electrons. The molecule has 4 aliphatic carbocycles. The van der Waals surface area contributed by atoms with Crippen LogP contribution in [-0.4, -0.2) is 50.6 Å². The summed E-state index contributed by atoms with van der Waals surface area (Å²) in [5.41, 5.74) is 1.94. The molecule has 6 aliphatic rings. The molecule has 39 heavy (non-hydrogen) atoms. The lowest BCUT2D eigenvalue weighted by molar-refractivity contribution is -0.145. The summed E-state index contributed by atoms with van der Waals surface area (Å²) in [7, 11) is 0. The minimum absolute atomic E-state index is 0.00600. The Morgan fingerprint density at radius 2 is 1.15 bits per heavy atom. The lowest BCUT2D eigenvalue weighted by Crippen LogP contribution is -2.44. The van der Waals surface area contributed by atoms with Crippen molar-refractivity contribution < 1.29 is 24.3 Å². The zero-order valence-corrected chi connectivity index (χ0v) is 22.5. The van der Waals surface area contributed by atoms with Gasteiger partial charge in [-0.3, -0.25) is 29.0 Å². The van der Waals surface area contributed by atoms with Gasteiger partial charge >= 0.3 is 0 Å². The Balaban J connectivity index is 1.28. The number of hydrogen-bond acceptors (Lipinski definition) is 5. The minimum Gasteiger partial charge on any atom is -0.508 e. The van der Waals surface area contributed by atoms with Crippen LogP contribution in [0, 0.1) is 29.6 Å². The second kappa shape index (κ2) is 9.60. The van der Waals surface area contributed by atoms with Crippen molar-refractivity contribution in [3.05, 3.63) is 41.5 Å². The average Bonchev–Trinajstić information content (AvgIpc) is 3.37. The zero-order valence-electron chi connectivity index (χ0n) is 22.5. The minimum atomic E-state index is -0.496. The molecule has 5 fully saturated rings. The molecule has 7 nitrogen and oxygen atoms in total. The number of hydrogen-bond donors (Lipinski definition) is 1. The number of benzene rings is 1. The van der Waals surface area contributed by atoms with Gasteiger partial charge in [0, 0.05) is 18.0 Å². The average molecular weight is 531 g/mol. The van der Waals surface area contributed by atoms with Crippen LogP contribution in [0.15, 0.2) is 35.9 Å². The van der Waals surface area contributed by atoms with Gasteiger partial charge in [-0.1, -0.05) is 62.3 Å². The van der Waals surface area contributed by atoms with E-state index >= 15 is 0 Å². The second-order valence-electron chi connectivity index (χ2n) is 12.8. The number of fused-ring (bicyclic) bond motifs is 4. The number of aromatic hydroxyl groups is 1. The number of amides is 4. The van der Waals surface area contributed by atoms with Gasteiger partial charge in [0.2, 0.25) is 23.6 Å². The van der Waals surface area contributed by atoms with Gasteiger partial charge in [0.25, 0.3) is 0 Å². The Morgan fingerprint density at radius 1 is 0.615 bits per heavy atom. The molecule has 0 radical (unpaired) electrons. The van der Waals surface area contributed by atoms with Crippen molar-refractivity contribution in [3.8, 4) is 5.75 Å². The van der Waals surface area contributed by atoms with Gasteiger partial charge in [-0.15, -0.1) is 0 Å². The molecule has 2 aliphatic heterocycles. The van der Waals surface area contributed by atoms with Crippen LogP contribution in [0.3, 0.4) is 0 Å². The molecule has 3 saturated carbocycles. The molecule has 0 spiro atoms. The third kappa shape index (κ3) is 3.82. The van der Waals surface area contributed by atoms with E-state index in [0.717, 1.165) is 75.3 Å². The molecule has 4 amide bonds. The number of likely N-dealkylation sites (tertiary alicyclic amines) is 2. The molecule has 1 N–H and O–H groups in total. The van der Waals surface area contributed by atoms with E-state index < -0.39 is 17.8 Å². The largest absolute Gasteiger partial charge is 0.508 e. The van der Waals surface area contributed by atoms with Crippen molar-refractivity contribution in [3.63, 3.8) is 0 Å². The fraction of sp³-hybridized carbons (Fsp3) is 0.625. The van der Waals surface area contributed by atoms with Gasteiger partial charge in [0.05, 0.1) is 23.7 Å². The third-order valence-corrected chi connectivity index (χ3v) is 10.8. The summed E-state index contributed by atoms with van der Waals surface area (Å²) >= 11 is 0. The highest BCUT2D eigenvalue weighted by atomic mass is 16.3. The molecule has 6 atom stereocenters. The van der Waals surface area contributed by atoms with Gasteiger partial charge in [0.15, 0.2) is 0 Å². The molecule has 0 unspecified atom stereocenters. The number of carbonyl (C=O) groups excluding carboxylic acids is 4. The smallest absolute Gasteiger partial charge is 0.234 e. The van der Waals surface area contributed by atoms with Crippen molar-refractivity contribution in [2.45, 2.75) is 95.1 Å². The summed E-state index contributed by atoms with van der Waals surface area (Å²) in [6, 6.07) is 6.93. The van der Waals surface area contributed by atoms with Gasteiger partial charge in [-0.2, -0.15) is 0 Å². The number of phenols is 1. The lowest BCUT2D eigenvalue weighted by atomic mass is 9.57. The van der Waals surface area contributed by atoms with Crippen molar-refractivity contribution in [2.24, 2.45) is 29.6 Å². The van der Waals surface area contributed by atoms with E-state index in [9.17, 15) is 24.3 Å². The molecule has 1 aromatic rings. The van der Waals surface area contributed by atoms with E-state index in [1.165, 1.54) is 0 Å². The van der Waals surface area contributed by atoms with Crippen LogP contribution in [0.1, 0.15) is 88.5 Å². The summed E-state index contributed by atoms with van der Waals surface area (Å²) in [5, 5.41) is 9.99. The molecular weight excluding hydrogens is 492 g/mol. The fourth-order valence-electron chi connectivity index (χ4n) is 9.09. The van der Waals surface area contributed by atoms with E-state index in [4.69, 9.17) is 0 Å². The maximum Gasteiger partial charge on any atom is 0.234 e. The quantitative estimate of drug-likeness (QED) is 0.452. The van der Waals surface area contributed by atoms with Crippen LogP contribution in [0.4, 0.5) is 0 Å². The molecule has 0 aromatic heterocycles. The first-order valence-corrected chi connectivity index (χ1v) is 15.2. The SMILES string of the molecule is O=C1[C@H]2[C@H](CC=C3[C@H]2C[C@H]2C(=O)N(C4CCCCC4)C(=O)[C@H]2[C@H]3c2ccc(O)cc2)C(=O)N1C1CCCCC1. The first-order chi connectivity index (χ1) is 19.0. The fourth-order valence-corrected chi connectivity index (χ4v) is 9.09. The first-order valence-electron chi connectivity index (χ1n) is 15.2. The molecule has 1 aromatic carbocycles. The van der Waals surface area contributed by atoms with Crippen molar-refractivity contribution in [1.82, 2.24) is 9.80 Å². The van der Waals surface area contributed by atoms with Gasteiger partial charge < -0.3 is 5.11 Å². The van der Waals surface area contributed by atoms with Gasteiger partial charge in [-0.25, -0.2) is 0 Å². The Bertz CT molecular complexity index is 1230. The molecule has 7 rings (SSSR count). The highest BCUT2D eigenvalue weighted by Gasteiger charge is 2.63. The van der Waals surface area contributed by atoms with Gasteiger partial charge in [0.1, 0.15) is 5.75 Å². The topological polar surface area (TPSA) is 95.0 Å². The summed E-state index contributed by atoms with van der Waals surface area (Å²) in [6.07, 6.45) is 13.0. The Kier molecular flexibility index (Phi) is 6.16. The van der Waals surface area contributed by atoms with Crippen LogP contribution in [0.2, 0.25) is 0 Å². The number of nitrogens with zero attached hydrogens (tertiary/aromatic N) is 2. The summed E-state index contributed by atoms with van der Waals surface area (Å²) in [5.74, 6) is -2.45. The normalized spacial score (nSPS) is 35.6. The highest BCUT2D eigenvalue weighted by molar-refractivity contribution is 6.08. The highest BCUT2D eigenvalue weighted by Crippen LogP contribution is 2.58. The van der Waals surface area contributed by atoms with E-state index in [0.29, 0.717) is 12.8 Å². The molecular formula is C32H38N2O5. The molecule has 2 heterocycles. The van der Waals surface area contributed by atoms with Crippen LogP contribution in [0.25, 0.3) is 0 Å². The first kappa shape index (κ1) is 25.0. The predicted molar refractivity (Wildman–Crippen MR) is 143 cm³/mol. The van der Waals surface area contributed by atoms with Crippen LogP contribution >= 0.6 is 0 Å². The van der Waals surface area contributed by atoms with Crippen LogP contribution in [0.5, 0.6) is 5.75 Å². The monoisotopic (exact) mass is 530 g/mol. The number of rotatable bonds is 3. The van der Waals surface area contributed by atoms with Crippen molar-refractivity contribution in [1.29, 1.82) is 0 Å². The van der Waals surface area contributed by atoms with Crippen molar-refractivity contribution in [2.75, 3.05) is 0 Å². The van der Waals surface area contributed by atoms with E-state index in [2.05, 4.69) is 6.08 Å². The summed E-state index contributed by atoms with van der Waals surface area (Å²) in [6.45, 7) is 0. The third-order valence-electron chi connectivity index (χ3n) is 10.8. The Labute approximate surface area is 229 Å². The number of imide groups is 2. The molecule has 0 bridgehead atoms. The van der Waals surface area contributed by atoms with E-state index in [-0.39, 0.29) is 59.2 Å². The summed E-state index contributed by atoms with van der Waals surface area (Å²) < 4.78 is 0. The number of phenolic OH excluding ortho intramolecular Hbond substituents is 1. The molecule has 2 saturated heterocycles. The predicted octanol–water partition coefficient (Wildman–Crippen LogP) is 4.69. The Hall–Kier alpha value is -2.96.